The predicted molar refractivity (Wildman–Crippen MR) is 175 cm³/mol. The lowest BCUT2D eigenvalue weighted by Crippen LogP contribution is -2.35. The van der Waals surface area contributed by atoms with E-state index < -0.39 is 17.5 Å². The maximum Gasteiger partial charge on any atom is 0.340 e. The Morgan fingerprint density at radius 2 is 1.44 bits per heavy atom. The Hall–Kier alpha value is -6.53. The van der Waals surface area contributed by atoms with Gasteiger partial charge >= 0.3 is 5.97 Å². The van der Waals surface area contributed by atoms with Gasteiger partial charge in [-0.05, 0) is 60.2 Å². The summed E-state index contributed by atoms with van der Waals surface area (Å²) in [6.07, 6.45) is 0.0407. The molecule has 0 saturated carbocycles. The zero-order valence-corrected chi connectivity index (χ0v) is 25.3. The van der Waals surface area contributed by atoms with E-state index in [1.54, 1.807) is 29.2 Å². The molecule has 5 aromatic rings. The van der Waals surface area contributed by atoms with Gasteiger partial charge in [0.2, 0.25) is 5.91 Å². The van der Waals surface area contributed by atoms with Crippen molar-refractivity contribution in [3.8, 4) is 34.8 Å². The molecule has 0 aromatic heterocycles. The number of rotatable bonds is 4. The summed E-state index contributed by atoms with van der Waals surface area (Å²) in [5.74, 6) is 5.56. The molecule has 0 atom stereocenters. The highest BCUT2D eigenvalue weighted by Gasteiger charge is 2.53. The molecule has 3 N–H and O–H groups in total. The summed E-state index contributed by atoms with van der Waals surface area (Å²) < 4.78 is 12.1. The van der Waals surface area contributed by atoms with Gasteiger partial charge in [-0.25, -0.2) is 4.79 Å². The number of para-hydroxylation sites is 1. The van der Waals surface area contributed by atoms with Gasteiger partial charge in [-0.3, -0.25) is 9.59 Å². The largest absolute Gasteiger partial charge is 0.508 e. The van der Waals surface area contributed by atoms with Crippen LogP contribution >= 0.6 is 0 Å². The van der Waals surface area contributed by atoms with E-state index in [2.05, 4.69) is 17.2 Å². The van der Waals surface area contributed by atoms with Crippen molar-refractivity contribution in [2.24, 2.45) is 0 Å². The van der Waals surface area contributed by atoms with Crippen LogP contribution in [0.25, 0.3) is 0 Å². The standard InChI is InChI=1S/C39H26N2O7/c42-27-12-15-31-34(20-27)47-35-21-28(43)13-16-32(35)39(31)30-14-11-25(19-29(30)38(46)48-39)37(45)40-18-17-36(44)41-22-26-7-2-1-5-23(26)9-10-24-6-3-4-8-33(24)41/h1-8,11-16,19-21,42-43H,17-18,22H2,(H,40,45). The Kier molecular flexibility index (Phi) is 6.67. The molecule has 48 heavy (non-hydrogen) atoms. The van der Waals surface area contributed by atoms with Gasteiger partial charge in [-0.1, -0.05) is 48.2 Å². The van der Waals surface area contributed by atoms with E-state index in [9.17, 15) is 24.6 Å². The number of phenols is 2. The van der Waals surface area contributed by atoms with Crippen LogP contribution in [0.4, 0.5) is 5.69 Å². The second kappa shape index (κ2) is 11.1. The molecule has 0 fully saturated rings. The van der Waals surface area contributed by atoms with Gasteiger partial charge < -0.3 is 29.9 Å². The van der Waals surface area contributed by atoms with Crippen LogP contribution in [0.1, 0.15) is 60.5 Å². The Bertz CT molecular complexity index is 2210. The highest BCUT2D eigenvalue weighted by molar-refractivity contribution is 6.02. The molecule has 3 aliphatic heterocycles. The number of carbonyl (C=O) groups is 3. The van der Waals surface area contributed by atoms with Crippen molar-refractivity contribution in [3.05, 3.63) is 148 Å². The summed E-state index contributed by atoms with van der Waals surface area (Å²) in [4.78, 5) is 42.0. The van der Waals surface area contributed by atoms with Gasteiger partial charge in [-0.15, -0.1) is 0 Å². The molecule has 1 spiro atoms. The van der Waals surface area contributed by atoms with Crippen molar-refractivity contribution < 1.29 is 34.1 Å². The Morgan fingerprint density at radius 3 is 2.19 bits per heavy atom. The second-order valence-corrected chi connectivity index (χ2v) is 11.7. The SMILES string of the molecule is O=C(NCCC(=O)N1Cc2ccccc2C#Cc2ccccc21)c1ccc2c(c1)C(=O)OC21c2ccc(O)cc2Oc2cc(O)ccc21. The minimum absolute atomic E-state index is 0.0407. The number of carbonyl (C=O) groups excluding carboxylic acids is 3. The lowest BCUT2D eigenvalue weighted by molar-refractivity contribution is -0.118. The van der Waals surface area contributed by atoms with E-state index >= 15 is 0 Å². The fourth-order valence-corrected chi connectivity index (χ4v) is 6.57. The summed E-state index contributed by atoms with van der Waals surface area (Å²) in [5.41, 5.74) is 3.70. The molecule has 9 nitrogen and oxygen atoms in total. The maximum atomic E-state index is 13.6. The molecule has 0 saturated heterocycles. The number of anilines is 1. The first-order chi connectivity index (χ1) is 23.3. The number of phenolic OH excluding ortho intramolecular Hbond substituents is 2. The molecular weight excluding hydrogens is 608 g/mol. The summed E-state index contributed by atoms with van der Waals surface area (Å²) in [5, 5.41) is 23.1. The molecule has 9 heteroatoms. The first kappa shape index (κ1) is 28.9. The third-order valence-electron chi connectivity index (χ3n) is 8.83. The number of nitrogens with zero attached hydrogens (tertiary/aromatic N) is 1. The van der Waals surface area contributed by atoms with E-state index in [-0.39, 0.29) is 53.0 Å². The van der Waals surface area contributed by atoms with Crippen LogP contribution in [0.3, 0.4) is 0 Å². The van der Waals surface area contributed by atoms with Gasteiger partial charge in [0.15, 0.2) is 5.60 Å². The van der Waals surface area contributed by atoms with Crippen molar-refractivity contribution in [3.63, 3.8) is 0 Å². The van der Waals surface area contributed by atoms with Crippen LogP contribution < -0.4 is 15.0 Å². The van der Waals surface area contributed by atoms with Crippen molar-refractivity contribution in [2.75, 3.05) is 11.4 Å². The zero-order valence-electron chi connectivity index (χ0n) is 25.3. The molecule has 0 unspecified atom stereocenters. The summed E-state index contributed by atoms with van der Waals surface area (Å²) >= 11 is 0. The third-order valence-corrected chi connectivity index (χ3v) is 8.83. The first-order valence-electron chi connectivity index (χ1n) is 15.3. The van der Waals surface area contributed by atoms with Crippen LogP contribution in [0.5, 0.6) is 23.0 Å². The van der Waals surface area contributed by atoms with Gasteiger partial charge in [0.1, 0.15) is 23.0 Å². The number of amides is 2. The number of ether oxygens (including phenoxy) is 2. The van der Waals surface area contributed by atoms with Crippen molar-refractivity contribution in [1.29, 1.82) is 0 Å². The van der Waals surface area contributed by atoms with Crippen molar-refractivity contribution in [1.82, 2.24) is 5.32 Å². The van der Waals surface area contributed by atoms with Gasteiger partial charge in [0, 0.05) is 58.5 Å². The van der Waals surface area contributed by atoms with Crippen LogP contribution in [0.15, 0.2) is 103 Å². The average Bonchev–Trinajstić information content (AvgIpc) is 3.36. The Balaban J connectivity index is 1.04. The van der Waals surface area contributed by atoms with E-state index in [1.807, 2.05) is 48.5 Å². The van der Waals surface area contributed by atoms with Crippen LogP contribution in [0, 0.1) is 11.8 Å². The van der Waals surface area contributed by atoms with E-state index in [1.165, 1.54) is 30.3 Å². The van der Waals surface area contributed by atoms with Gasteiger partial charge in [0.05, 0.1) is 17.8 Å². The molecule has 2 amide bonds. The highest BCUT2D eigenvalue weighted by atomic mass is 16.6. The fourth-order valence-electron chi connectivity index (χ4n) is 6.57. The predicted octanol–water partition coefficient (Wildman–Crippen LogP) is 5.73. The summed E-state index contributed by atoms with van der Waals surface area (Å²) in [6, 6.07) is 29.0. The minimum atomic E-state index is -1.43. The summed E-state index contributed by atoms with van der Waals surface area (Å²) in [7, 11) is 0. The smallest absolute Gasteiger partial charge is 0.340 e. The monoisotopic (exact) mass is 634 g/mol. The molecule has 5 aromatic carbocycles. The van der Waals surface area contributed by atoms with Crippen LogP contribution in [-0.4, -0.2) is 34.5 Å². The summed E-state index contributed by atoms with van der Waals surface area (Å²) in [6.45, 7) is 0.417. The number of nitrogens with one attached hydrogen (secondary N) is 1. The molecule has 0 radical (unpaired) electrons. The van der Waals surface area contributed by atoms with E-state index in [4.69, 9.17) is 9.47 Å². The van der Waals surface area contributed by atoms with E-state index in [0.717, 1.165) is 16.7 Å². The minimum Gasteiger partial charge on any atom is -0.508 e. The molecule has 8 rings (SSSR count). The normalized spacial score (nSPS) is 14.3. The zero-order chi connectivity index (χ0) is 33.0. The Labute approximate surface area is 275 Å². The maximum absolute atomic E-state index is 13.6. The van der Waals surface area contributed by atoms with Crippen LogP contribution in [-0.2, 0) is 21.7 Å². The lowest BCUT2D eigenvalue weighted by atomic mass is 9.77. The average molecular weight is 635 g/mol. The van der Waals surface area contributed by atoms with Crippen molar-refractivity contribution >= 4 is 23.5 Å². The number of aromatic hydroxyl groups is 2. The molecule has 0 bridgehead atoms. The van der Waals surface area contributed by atoms with Gasteiger partial charge in [0.25, 0.3) is 5.91 Å². The number of esters is 1. The molecule has 0 aliphatic carbocycles. The molecule has 3 heterocycles. The highest BCUT2D eigenvalue weighted by Crippen LogP contribution is 2.57. The lowest BCUT2D eigenvalue weighted by Gasteiger charge is -2.36. The van der Waals surface area contributed by atoms with Gasteiger partial charge in [-0.2, -0.15) is 0 Å². The second-order valence-electron chi connectivity index (χ2n) is 11.7. The number of hydrogen-bond donors (Lipinski definition) is 3. The molecular formula is C39H26N2O7. The third kappa shape index (κ3) is 4.62. The molecule has 3 aliphatic rings. The molecule has 234 valence electrons. The van der Waals surface area contributed by atoms with Crippen molar-refractivity contribution in [2.45, 2.75) is 18.6 Å². The number of fused-ring (bicyclic) bond motifs is 8. The topological polar surface area (TPSA) is 125 Å². The quantitative estimate of drug-likeness (QED) is 0.170. The number of hydrogen-bond acceptors (Lipinski definition) is 7. The fraction of sp³-hybridized carbons (Fsp3) is 0.103. The Morgan fingerprint density at radius 1 is 0.792 bits per heavy atom. The van der Waals surface area contributed by atoms with E-state index in [0.29, 0.717) is 28.9 Å². The van der Waals surface area contributed by atoms with Crippen LogP contribution in [0.2, 0.25) is 0 Å². The first-order valence-corrected chi connectivity index (χ1v) is 15.3. The number of benzene rings is 5.